The van der Waals surface area contributed by atoms with Gasteiger partial charge in [-0.05, 0) is 30.2 Å². The number of fused-ring (bicyclic) bond motifs is 1. The lowest BCUT2D eigenvalue weighted by Gasteiger charge is -2.34. The lowest BCUT2D eigenvalue weighted by molar-refractivity contribution is -0.118. The Bertz CT molecular complexity index is 860. The van der Waals surface area contributed by atoms with Crippen molar-refractivity contribution in [1.29, 1.82) is 0 Å². The Morgan fingerprint density at radius 2 is 1.92 bits per heavy atom. The highest BCUT2D eigenvalue weighted by Gasteiger charge is 2.41. The first-order valence-electron chi connectivity index (χ1n) is 8.89. The smallest absolute Gasteiger partial charge is 0.161 e. The fourth-order valence-electron chi connectivity index (χ4n) is 4.29. The van der Waals surface area contributed by atoms with E-state index < -0.39 is 0 Å². The molecule has 25 heavy (non-hydrogen) atoms. The number of ketones is 1. The molecule has 0 radical (unpaired) electrons. The van der Waals surface area contributed by atoms with Crippen molar-refractivity contribution in [1.82, 2.24) is 4.98 Å². The summed E-state index contributed by atoms with van der Waals surface area (Å²) in [5.41, 5.74) is 6.49. The number of hydrogen-bond acceptors (Lipinski definition) is 4. The van der Waals surface area contributed by atoms with Crippen molar-refractivity contribution in [2.75, 3.05) is 5.32 Å². The lowest BCUT2D eigenvalue weighted by Crippen LogP contribution is -2.31. The minimum atomic E-state index is 0.00250. The minimum Gasteiger partial charge on any atom is -0.342 e. The summed E-state index contributed by atoms with van der Waals surface area (Å²) in [6.07, 6.45) is 1.52. The molecular weight excluding hydrogens is 328 g/mol. The van der Waals surface area contributed by atoms with Crippen LogP contribution in [-0.2, 0) is 4.79 Å². The highest BCUT2D eigenvalue weighted by molar-refractivity contribution is 7.10. The molecule has 1 aliphatic carbocycles. The zero-order valence-corrected chi connectivity index (χ0v) is 16.0. The van der Waals surface area contributed by atoms with Gasteiger partial charge in [0.25, 0.3) is 0 Å². The second-order valence-corrected chi connectivity index (χ2v) is 9.09. The van der Waals surface area contributed by atoms with E-state index in [0.717, 1.165) is 23.5 Å². The van der Waals surface area contributed by atoms with Crippen LogP contribution in [0.15, 0.2) is 41.0 Å². The standard InChI is InChI=1S/C21H24N2OS/c1-12-5-7-14(8-6-12)17-13(2)18-15(9-21(3,4)10-16(18)24)23-20-19(17)25-11-22-20/h5-8,11,13,17,23H,9-10H2,1-4H3. The molecule has 130 valence electrons. The number of nitrogens with one attached hydrogen (secondary N) is 1. The Kier molecular flexibility index (Phi) is 3.84. The molecule has 1 aliphatic heterocycles. The Labute approximate surface area is 153 Å². The summed E-state index contributed by atoms with van der Waals surface area (Å²) >= 11 is 1.68. The van der Waals surface area contributed by atoms with E-state index in [0.29, 0.717) is 12.2 Å². The molecule has 2 unspecified atom stereocenters. The van der Waals surface area contributed by atoms with Gasteiger partial charge >= 0.3 is 0 Å². The summed E-state index contributed by atoms with van der Waals surface area (Å²) in [6.45, 7) is 8.65. The van der Waals surface area contributed by atoms with Gasteiger partial charge in [0.1, 0.15) is 5.82 Å². The Morgan fingerprint density at radius 3 is 2.64 bits per heavy atom. The minimum absolute atomic E-state index is 0.00250. The third-order valence-electron chi connectivity index (χ3n) is 5.46. The molecule has 1 aromatic carbocycles. The van der Waals surface area contributed by atoms with Gasteiger partial charge in [0.15, 0.2) is 5.78 Å². The maximum Gasteiger partial charge on any atom is 0.161 e. The summed E-state index contributed by atoms with van der Waals surface area (Å²) in [7, 11) is 0. The summed E-state index contributed by atoms with van der Waals surface area (Å²) in [5, 5.41) is 3.53. The van der Waals surface area contributed by atoms with E-state index in [1.165, 1.54) is 16.0 Å². The molecule has 3 nitrogen and oxygen atoms in total. The van der Waals surface area contributed by atoms with E-state index >= 15 is 0 Å². The van der Waals surface area contributed by atoms with Crippen LogP contribution in [0.4, 0.5) is 5.82 Å². The Hall–Kier alpha value is -1.94. The number of thiazole rings is 1. The molecule has 2 heterocycles. The molecule has 4 heteroatoms. The average Bonchev–Trinajstić information content (AvgIpc) is 2.91. The van der Waals surface area contributed by atoms with E-state index in [-0.39, 0.29) is 17.3 Å². The average molecular weight is 353 g/mol. The highest BCUT2D eigenvalue weighted by atomic mass is 32.1. The number of hydrogen-bond donors (Lipinski definition) is 1. The Morgan fingerprint density at radius 1 is 1.20 bits per heavy atom. The van der Waals surface area contributed by atoms with Crippen LogP contribution in [-0.4, -0.2) is 10.8 Å². The fraction of sp³-hybridized carbons (Fsp3) is 0.429. The number of rotatable bonds is 1. The molecule has 0 bridgehead atoms. The summed E-state index contributed by atoms with van der Waals surface area (Å²) < 4.78 is 0. The maximum absolute atomic E-state index is 13.0. The normalized spacial score (nSPS) is 25.0. The van der Waals surface area contributed by atoms with Gasteiger partial charge < -0.3 is 5.32 Å². The molecule has 2 aromatic rings. The molecule has 0 saturated heterocycles. The van der Waals surface area contributed by atoms with Gasteiger partial charge in [0.05, 0.1) is 10.4 Å². The second kappa shape index (κ2) is 5.80. The van der Waals surface area contributed by atoms with Gasteiger partial charge in [-0.3, -0.25) is 4.79 Å². The molecule has 0 amide bonds. The second-order valence-electron chi connectivity index (χ2n) is 8.20. The predicted octanol–water partition coefficient (Wildman–Crippen LogP) is 5.29. The molecule has 4 rings (SSSR count). The summed E-state index contributed by atoms with van der Waals surface area (Å²) in [4.78, 5) is 18.8. The van der Waals surface area contributed by atoms with Crippen molar-refractivity contribution in [2.24, 2.45) is 11.3 Å². The van der Waals surface area contributed by atoms with Crippen molar-refractivity contribution in [3.05, 3.63) is 57.1 Å². The quantitative estimate of drug-likeness (QED) is 0.758. The number of carbonyl (C=O) groups excluding carboxylic acids is 1. The van der Waals surface area contributed by atoms with Crippen molar-refractivity contribution >= 4 is 22.9 Å². The maximum atomic E-state index is 13.0. The van der Waals surface area contributed by atoms with Crippen LogP contribution in [0, 0.1) is 18.3 Å². The largest absolute Gasteiger partial charge is 0.342 e. The molecule has 0 fully saturated rings. The van der Waals surface area contributed by atoms with Gasteiger partial charge in [-0.15, -0.1) is 11.3 Å². The van der Waals surface area contributed by atoms with E-state index in [4.69, 9.17) is 0 Å². The zero-order valence-electron chi connectivity index (χ0n) is 15.2. The van der Waals surface area contributed by atoms with E-state index in [1.807, 2.05) is 5.51 Å². The van der Waals surface area contributed by atoms with Crippen molar-refractivity contribution in [3.8, 4) is 0 Å². The van der Waals surface area contributed by atoms with Crippen LogP contribution in [0.2, 0.25) is 0 Å². The monoisotopic (exact) mass is 352 g/mol. The van der Waals surface area contributed by atoms with Crippen LogP contribution in [0.5, 0.6) is 0 Å². The first kappa shape index (κ1) is 16.5. The van der Waals surface area contributed by atoms with E-state index in [1.54, 1.807) is 11.3 Å². The molecule has 2 aliphatic rings. The van der Waals surface area contributed by atoms with Crippen LogP contribution in [0.25, 0.3) is 0 Å². The molecule has 1 N–H and O–H groups in total. The van der Waals surface area contributed by atoms with Crippen molar-refractivity contribution in [2.45, 2.75) is 46.5 Å². The van der Waals surface area contributed by atoms with Gasteiger partial charge in [-0.2, -0.15) is 0 Å². The molecule has 0 spiro atoms. The SMILES string of the molecule is Cc1ccc(C2c3scnc3NC3=C(C(=O)CC(C)(C)C3)C2C)cc1. The van der Waals surface area contributed by atoms with Crippen molar-refractivity contribution in [3.63, 3.8) is 0 Å². The topological polar surface area (TPSA) is 42.0 Å². The number of Topliss-reactive ketones (excluding diaryl/α,β-unsaturated/α-hetero) is 1. The first-order chi connectivity index (χ1) is 11.9. The summed E-state index contributed by atoms with van der Waals surface area (Å²) in [6, 6.07) is 8.70. The molecule has 2 atom stereocenters. The molecular formula is C21H24N2OS. The Balaban J connectivity index is 1.87. The van der Waals surface area contributed by atoms with Gasteiger partial charge in [-0.25, -0.2) is 4.98 Å². The van der Waals surface area contributed by atoms with Crippen molar-refractivity contribution < 1.29 is 4.79 Å². The number of benzene rings is 1. The molecule has 0 saturated carbocycles. The number of aromatic nitrogens is 1. The first-order valence-corrected chi connectivity index (χ1v) is 9.77. The van der Waals surface area contributed by atoms with Gasteiger partial charge in [0, 0.05) is 23.6 Å². The van der Waals surface area contributed by atoms with Crippen LogP contribution in [0.3, 0.4) is 0 Å². The van der Waals surface area contributed by atoms with Crippen LogP contribution >= 0.6 is 11.3 Å². The summed E-state index contributed by atoms with van der Waals surface area (Å²) in [5.74, 6) is 1.54. The zero-order chi connectivity index (χ0) is 17.8. The van der Waals surface area contributed by atoms with Crippen LogP contribution < -0.4 is 5.32 Å². The number of allylic oxidation sites excluding steroid dienone is 2. The highest BCUT2D eigenvalue weighted by Crippen LogP contribution is 2.49. The fourth-order valence-corrected chi connectivity index (χ4v) is 5.27. The number of anilines is 1. The number of carbonyl (C=O) groups is 1. The number of nitrogens with zero attached hydrogens (tertiary/aromatic N) is 1. The molecule has 1 aromatic heterocycles. The third-order valence-corrected chi connectivity index (χ3v) is 6.37. The third kappa shape index (κ3) is 2.82. The lowest BCUT2D eigenvalue weighted by atomic mass is 9.70. The van der Waals surface area contributed by atoms with Gasteiger partial charge in [-0.1, -0.05) is 50.6 Å². The number of aryl methyl sites for hydroxylation is 1. The van der Waals surface area contributed by atoms with E-state index in [2.05, 4.69) is 62.3 Å². The predicted molar refractivity (Wildman–Crippen MR) is 103 cm³/mol. The van der Waals surface area contributed by atoms with E-state index in [9.17, 15) is 4.79 Å². The van der Waals surface area contributed by atoms with Gasteiger partial charge in [0.2, 0.25) is 0 Å². The van der Waals surface area contributed by atoms with Crippen LogP contribution in [0.1, 0.15) is 55.5 Å².